The van der Waals surface area contributed by atoms with Gasteiger partial charge in [0.15, 0.2) is 0 Å². The van der Waals surface area contributed by atoms with Crippen molar-refractivity contribution >= 4 is 23.1 Å². The first-order valence-electron chi connectivity index (χ1n) is 3.47. The maximum Gasteiger partial charge on any atom is 0.0740 e. The minimum absolute atomic E-state index is 0.812. The molecule has 58 valence electrons. The van der Waals surface area contributed by atoms with E-state index in [1.54, 1.807) is 0 Å². The van der Waals surface area contributed by atoms with E-state index in [-0.39, 0.29) is 0 Å². The van der Waals surface area contributed by atoms with E-state index in [1.807, 2.05) is 31.2 Å². The van der Waals surface area contributed by atoms with Gasteiger partial charge in [-0.1, -0.05) is 5.92 Å². The summed E-state index contributed by atoms with van der Waals surface area (Å²) in [5, 5.41) is 2.31. The Labute approximate surface area is 77.1 Å². The average molecular weight is 173 g/mol. The van der Waals surface area contributed by atoms with Gasteiger partial charge in [-0.3, -0.25) is 0 Å². The fraction of sp³-hybridized carbons (Fsp3) is 0.100. The third-order valence-corrected chi connectivity index (χ3v) is 1.40. The number of aliphatic imine (C=N–C) groups is 1. The topological polar surface area (TPSA) is 12.4 Å². The zero-order valence-corrected chi connectivity index (χ0v) is 7.48. The molecule has 1 nitrogen and oxygen atoms in total. The Morgan fingerprint density at radius 3 is 2.42 bits per heavy atom. The van der Waals surface area contributed by atoms with Gasteiger partial charge in [0.2, 0.25) is 0 Å². The van der Waals surface area contributed by atoms with Crippen LogP contribution in [0.15, 0.2) is 29.3 Å². The van der Waals surface area contributed by atoms with Crippen molar-refractivity contribution in [1.29, 1.82) is 0 Å². The zero-order valence-electron chi connectivity index (χ0n) is 6.66. The summed E-state index contributed by atoms with van der Waals surface area (Å²) in [6.45, 7) is 1.81. The SMILES string of the molecule is CC#Cc1ccc(N=C=S)cc1. The molecule has 0 N–H and O–H groups in total. The van der Waals surface area contributed by atoms with Gasteiger partial charge < -0.3 is 0 Å². The number of hydrogen-bond acceptors (Lipinski definition) is 2. The number of benzene rings is 1. The van der Waals surface area contributed by atoms with E-state index in [2.05, 4.69) is 34.2 Å². The third-order valence-electron chi connectivity index (χ3n) is 1.31. The smallest absolute Gasteiger partial charge is 0.0740 e. The van der Waals surface area contributed by atoms with Gasteiger partial charge in [0.25, 0.3) is 0 Å². The van der Waals surface area contributed by atoms with E-state index in [1.165, 1.54) is 0 Å². The fourth-order valence-electron chi connectivity index (χ4n) is 0.816. The second-order valence-corrected chi connectivity index (χ2v) is 2.31. The molecule has 0 aliphatic heterocycles. The van der Waals surface area contributed by atoms with Gasteiger partial charge in [-0.2, -0.15) is 4.99 Å². The van der Waals surface area contributed by atoms with E-state index < -0.39 is 0 Å². The lowest BCUT2D eigenvalue weighted by atomic mass is 10.2. The summed E-state index contributed by atoms with van der Waals surface area (Å²) in [7, 11) is 0. The highest BCUT2D eigenvalue weighted by molar-refractivity contribution is 7.78. The molecule has 0 amide bonds. The average Bonchev–Trinajstić information content (AvgIpc) is 2.09. The quantitative estimate of drug-likeness (QED) is 0.361. The van der Waals surface area contributed by atoms with Crippen LogP contribution in [0.5, 0.6) is 0 Å². The van der Waals surface area contributed by atoms with E-state index >= 15 is 0 Å². The van der Waals surface area contributed by atoms with Gasteiger partial charge in [0.05, 0.1) is 10.8 Å². The van der Waals surface area contributed by atoms with Crippen molar-refractivity contribution in [2.45, 2.75) is 6.92 Å². The number of rotatable bonds is 1. The van der Waals surface area contributed by atoms with Crippen molar-refractivity contribution in [1.82, 2.24) is 0 Å². The lowest BCUT2D eigenvalue weighted by Crippen LogP contribution is -1.70. The van der Waals surface area contributed by atoms with Crippen molar-refractivity contribution in [3.63, 3.8) is 0 Å². The molecule has 0 heterocycles. The molecule has 0 aromatic heterocycles. The van der Waals surface area contributed by atoms with E-state index in [0.717, 1.165) is 11.3 Å². The summed E-state index contributed by atoms with van der Waals surface area (Å²) in [6.07, 6.45) is 0. The predicted molar refractivity (Wildman–Crippen MR) is 53.7 cm³/mol. The molecule has 0 unspecified atom stereocenters. The molecule has 0 aliphatic carbocycles. The summed E-state index contributed by atoms with van der Waals surface area (Å²) in [4.78, 5) is 3.82. The van der Waals surface area contributed by atoms with Gasteiger partial charge in [-0.05, 0) is 43.4 Å². The largest absolute Gasteiger partial charge is 0.195 e. The lowest BCUT2D eigenvalue weighted by molar-refractivity contribution is 1.53. The highest BCUT2D eigenvalue weighted by Gasteiger charge is 1.87. The van der Waals surface area contributed by atoms with Crippen molar-refractivity contribution in [2.24, 2.45) is 4.99 Å². The van der Waals surface area contributed by atoms with Crippen molar-refractivity contribution < 1.29 is 0 Å². The monoisotopic (exact) mass is 173 g/mol. The molecule has 0 radical (unpaired) electrons. The van der Waals surface area contributed by atoms with Crippen LogP contribution in [0.25, 0.3) is 0 Å². The molecule has 1 aromatic carbocycles. The number of isothiocyanates is 1. The van der Waals surface area contributed by atoms with Crippen molar-refractivity contribution in [2.75, 3.05) is 0 Å². The molecule has 1 aromatic rings. The molecule has 0 spiro atoms. The third kappa shape index (κ3) is 2.32. The van der Waals surface area contributed by atoms with Gasteiger partial charge in [-0.25, -0.2) is 0 Å². The Balaban J connectivity index is 2.97. The van der Waals surface area contributed by atoms with Crippen molar-refractivity contribution in [3.8, 4) is 11.8 Å². The van der Waals surface area contributed by atoms with Crippen LogP contribution in [0.2, 0.25) is 0 Å². The normalized spacial score (nSPS) is 7.75. The standard InChI is InChI=1S/C10H7NS/c1-2-3-9-4-6-10(7-5-9)11-8-12/h4-7H,1H3. The summed E-state index contributed by atoms with van der Waals surface area (Å²) < 4.78 is 0. The molecule has 0 aliphatic rings. The van der Waals surface area contributed by atoms with Crippen LogP contribution >= 0.6 is 12.2 Å². The van der Waals surface area contributed by atoms with Crippen LogP contribution in [0.3, 0.4) is 0 Å². The van der Waals surface area contributed by atoms with Crippen LogP contribution in [0.1, 0.15) is 12.5 Å². The van der Waals surface area contributed by atoms with Crippen LogP contribution in [0, 0.1) is 11.8 Å². The summed E-state index contributed by atoms with van der Waals surface area (Å²) in [5.74, 6) is 5.76. The van der Waals surface area contributed by atoms with E-state index in [4.69, 9.17) is 0 Å². The molecule has 0 fully saturated rings. The zero-order chi connectivity index (χ0) is 8.81. The Bertz CT molecular complexity index is 361. The molecule has 2 heteroatoms. The second-order valence-electron chi connectivity index (χ2n) is 2.12. The van der Waals surface area contributed by atoms with Crippen LogP contribution in [0.4, 0.5) is 5.69 Å². The van der Waals surface area contributed by atoms with E-state index in [0.29, 0.717) is 0 Å². The van der Waals surface area contributed by atoms with E-state index in [9.17, 15) is 0 Å². The Hall–Kier alpha value is -1.42. The van der Waals surface area contributed by atoms with Gasteiger partial charge in [0, 0.05) is 5.56 Å². The molecular weight excluding hydrogens is 166 g/mol. The number of thiocarbonyl (C=S) groups is 1. The minimum atomic E-state index is 0.812. The maximum atomic E-state index is 4.47. The fourth-order valence-corrected chi connectivity index (χ4v) is 0.922. The van der Waals surface area contributed by atoms with Crippen LogP contribution in [-0.4, -0.2) is 5.16 Å². The molecule has 0 saturated carbocycles. The van der Waals surface area contributed by atoms with Crippen LogP contribution in [-0.2, 0) is 0 Å². The second kappa shape index (κ2) is 4.46. The Morgan fingerprint density at radius 2 is 1.92 bits per heavy atom. The highest BCUT2D eigenvalue weighted by Crippen LogP contribution is 2.11. The highest BCUT2D eigenvalue weighted by atomic mass is 32.1. The molecule has 0 saturated heterocycles. The Kier molecular flexibility index (Phi) is 3.22. The predicted octanol–water partition coefficient (Wildman–Crippen LogP) is 2.79. The molecule has 12 heavy (non-hydrogen) atoms. The number of nitrogens with zero attached hydrogens (tertiary/aromatic N) is 1. The molecule has 1 rings (SSSR count). The van der Waals surface area contributed by atoms with Gasteiger partial charge in [0.1, 0.15) is 0 Å². The summed E-state index contributed by atoms with van der Waals surface area (Å²) in [5.41, 5.74) is 1.80. The summed E-state index contributed by atoms with van der Waals surface area (Å²) >= 11 is 4.47. The molecule has 0 atom stereocenters. The maximum absolute atomic E-state index is 4.47. The van der Waals surface area contributed by atoms with Gasteiger partial charge in [-0.15, -0.1) is 5.92 Å². The first kappa shape index (κ1) is 8.67. The molecule has 0 bridgehead atoms. The van der Waals surface area contributed by atoms with Crippen LogP contribution < -0.4 is 0 Å². The number of hydrogen-bond donors (Lipinski definition) is 0. The lowest BCUT2D eigenvalue weighted by Gasteiger charge is -1.90. The first-order valence-corrected chi connectivity index (χ1v) is 3.88. The molecular formula is C10H7NS. The summed E-state index contributed by atoms with van der Waals surface area (Å²) in [6, 6.07) is 7.53. The Morgan fingerprint density at radius 1 is 1.25 bits per heavy atom. The minimum Gasteiger partial charge on any atom is -0.195 e. The van der Waals surface area contributed by atoms with Crippen molar-refractivity contribution in [3.05, 3.63) is 29.8 Å². The van der Waals surface area contributed by atoms with Gasteiger partial charge >= 0.3 is 0 Å². The first-order chi connectivity index (χ1) is 5.86.